The second kappa shape index (κ2) is 5.59. The lowest BCUT2D eigenvalue weighted by atomic mass is 10.1. The molecule has 0 spiro atoms. The Morgan fingerprint density at radius 3 is 2.52 bits per heavy atom. The van der Waals surface area contributed by atoms with E-state index in [1.807, 2.05) is 0 Å². The standard InChI is InChI=1S/C17H14N2O5S/c20-16-13-6-2-1-5-12(13)11-25(22,23)19(16)10-9-18-14-7-3-4-8-15(14)24-17(18)21/h1-8H,9-11H2. The number of carbonyl (C=O) groups excluding carboxylic acids is 1. The number of aromatic nitrogens is 1. The van der Waals surface area contributed by atoms with Crippen LogP contribution in [0.4, 0.5) is 0 Å². The summed E-state index contributed by atoms with van der Waals surface area (Å²) in [7, 11) is -3.77. The molecule has 25 heavy (non-hydrogen) atoms. The molecular weight excluding hydrogens is 344 g/mol. The molecule has 0 radical (unpaired) electrons. The normalized spacial score (nSPS) is 16.2. The van der Waals surface area contributed by atoms with E-state index in [9.17, 15) is 18.0 Å². The molecule has 0 fully saturated rings. The number of rotatable bonds is 3. The fourth-order valence-corrected chi connectivity index (χ4v) is 4.56. The maximum atomic E-state index is 12.6. The van der Waals surface area contributed by atoms with Gasteiger partial charge in [0.25, 0.3) is 5.91 Å². The zero-order valence-electron chi connectivity index (χ0n) is 13.1. The molecule has 1 amide bonds. The number of para-hydroxylation sites is 2. The first kappa shape index (κ1) is 15.6. The molecule has 0 saturated heterocycles. The van der Waals surface area contributed by atoms with Crippen LogP contribution >= 0.6 is 0 Å². The summed E-state index contributed by atoms with van der Waals surface area (Å²) in [6, 6.07) is 13.5. The van der Waals surface area contributed by atoms with Crippen LogP contribution in [0.3, 0.4) is 0 Å². The van der Waals surface area contributed by atoms with Gasteiger partial charge in [-0.25, -0.2) is 17.5 Å². The molecule has 1 aromatic heterocycles. The van der Waals surface area contributed by atoms with E-state index < -0.39 is 21.7 Å². The van der Waals surface area contributed by atoms with Crippen molar-refractivity contribution in [2.75, 3.05) is 6.54 Å². The number of benzene rings is 2. The summed E-state index contributed by atoms with van der Waals surface area (Å²) in [5, 5.41) is 0. The molecular formula is C17H14N2O5S. The lowest BCUT2D eigenvalue weighted by Gasteiger charge is -2.28. The highest BCUT2D eigenvalue weighted by Gasteiger charge is 2.35. The van der Waals surface area contributed by atoms with E-state index in [0.29, 0.717) is 22.2 Å². The lowest BCUT2D eigenvalue weighted by Crippen LogP contribution is -2.44. The summed E-state index contributed by atoms with van der Waals surface area (Å²) >= 11 is 0. The molecule has 2 heterocycles. The van der Waals surface area contributed by atoms with Crippen LogP contribution in [0.5, 0.6) is 0 Å². The van der Waals surface area contributed by atoms with Gasteiger partial charge < -0.3 is 4.42 Å². The van der Waals surface area contributed by atoms with Gasteiger partial charge in [0.15, 0.2) is 5.58 Å². The fraction of sp³-hybridized carbons (Fsp3) is 0.176. The van der Waals surface area contributed by atoms with Gasteiger partial charge in [0, 0.05) is 12.1 Å². The van der Waals surface area contributed by atoms with Gasteiger partial charge in [0.1, 0.15) is 0 Å². The van der Waals surface area contributed by atoms with Crippen molar-refractivity contribution in [2.24, 2.45) is 0 Å². The predicted molar refractivity (Wildman–Crippen MR) is 90.6 cm³/mol. The molecule has 8 heteroatoms. The molecule has 0 saturated carbocycles. The number of carbonyl (C=O) groups is 1. The van der Waals surface area contributed by atoms with Crippen molar-refractivity contribution >= 4 is 27.0 Å². The first-order valence-corrected chi connectivity index (χ1v) is 9.29. The molecule has 0 N–H and O–H groups in total. The van der Waals surface area contributed by atoms with Crippen molar-refractivity contribution in [1.29, 1.82) is 0 Å². The SMILES string of the molecule is O=C1c2ccccc2CS(=O)(=O)N1CCn1c(=O)oc2ccccc21. The van der Waals surface area contributed by atoms with Gasteiger partial charge >= 0.3 is 5.76 Å². The number of nitrogens with zero attached hydrogens (tertiary/aromatic N) is 2. The molecule has 4 rings (SSSR count). The topological polar surface area (TPSA) is 89.6 Å². The highest BCUT2D eigenvalue weighted by Crippen LogP contribution is 2.24. The van der Waals surface area contributed by atoms with Crippen LogP contribution in [-0.4, -0.2) is 29.7 Å². The zero-order chi connectivity index (χ0) is 17.6. The average Bonchev–Trinajstić information content (AvgIpc) is 2.89. The predicted octanol–water partition coefficient (Wildman–Crippen LogP) is 1.58. The van der Waals surface area contributed by atoms with Gasteiger partial charge in [0.2, 0.25) is 10.0 Å². The Morgan fingerprint density at radius 1 is 0.960 bits per heavy atom. The number of sulfonamides is 1. The summed E-state index contributed by atoms with van der Waals surface area (Å²) in [6.45, 7) is -0.0953. The number of fused-ring (bicyclic) bond motifs is 2. The van der Waals surface area contributed by atoms with Crippen molar-refractivity contribution < 1.29 is 17.6 Å². The Bertz CT molecular complexity index is 1140. The molecule has 1 aliphatic rings. The molecule has 0 aliphatic carbocycles. The maximum Gasteiger partial charge on any atom is 0.420 e. The Labute approximate surface area is 143 Å². The zero-order valence-corrected chi connectivity index (χ0v) is 13.9. The minimum atomic E-state index is -3.77. The van der Waals surface area contributed by atoms with E-state index in [0.717, 1.165) is 4.31 Å². The Hall–Kier alpha value is -2.87. The third-order valence-corrected chi connectivity index (χ3v) is 5.94. The minimum absolute atomic E-state index is 0.0307. The highest BCUT2D eigenvalue weighted by atomic mass is 32.2. The summed E-state index contributed by atoms with van der Waals surface area (Å²) in [5.41, 5.74) is 1.86. The quantitative estimate of drug-likeness (QED) is 0.709. The number of hydrogen-bond acceptors (Lipinski definition) is 5. The molecule has 7 nitrogen and oxygen atoms in total. The Balaban J connectivity index is 1.67. The smallest absolute Gasteiger partial charge is 0.408 e. The van der Waals surface area contributed by atoms with Gasteiger partial charge in [-0.1, -0.05) is 30.3 Å². The molecule has 0 atom stereocenters. The van der Waals surface area contributed by atoms with Gasteiger partial charge in [-0.05, 0) is 23.8 Å². The second-order valence-electron chi connectivity index (χ2n) is 5.78. The van der Waals surface area contributed by atoms with E-state index in [1.54, 1.807) is 48.5 Å². The average molecular weight is 358 g/mol. The number of amides is 1. The first-order valence-electron chi connectivity index (χ1n) is 7.68. The van der Waals surface area contributed by atoms with Crippen LogP contribution in [0.25, 0.3) is 11.1 Å². The molecule has 1 aliphatic heterocycles. The van der Waals surface area contributed by atoms with Crippen molar-refractivity contribution in [2.45, 2.75) is 12.3 Å². The largest absolute Gasteiger partial charge is 0.420 e. The van der Waals surface area contributed by atoms with Crippen LogP contribution in [-0.2, 0) is 22.3 Å². The second-order valence-corrected chi connectivity index (χ2v) is 7.67. The molecule has 128 valence electrons. The third kappa shape index (κ3) is 2.54. The van der Waals surface area contributed by atoms with Crippen LogP contribution < -0.4 is 5.76 Å². The first-order chi connectivity index (χ1) is 12.0. The Kier molecular flexibility index (Phi) is 3.50. The van der Waals surface area contributed by atoms with Gasteiger partial charge in [-0.3, -0.25) is 9.36 Å². The van der Waals surface area contributed by atoms with Crippen molar-refractivity contribution in [3.63, 3.8) is 0 Å². The lowest BCUT2D eigenvalue weighted by molar-refractivity contribution is 0.0852. The summed E-state index contributed by atoms with van der Waals surface area (Å²) in [5.74, 6) is -1.37. The Morgan fingerprint density at radius 2 is 1.68 bits per heavy atom. The number of oxazole rings is 1. The number of hydrogen-bond donors (Lipinski definition) is 0. The molecule has 0 bridgehead atoms. The van der Waals surface area contributed by atoms with E-state index in [1.165, 1.54) is 4.57 Å². The monoisotopic (exact) mass is 358 g/mol. The van der Waals surface area contributed by atoms with Crippen molar-refractivity contribution in [3.8, 4) is 0 Å². The van der Waals surface area contributed by atoms with Crippen molar-refractivity contribution in [1.82, 2.24) is 8.87 Å². The van der Waals surface area contributed by atoms with E-state index in [-0.39, 0.29) is 18.8 Å². The minimum Gasteiger partial charge on any atom is -0.408 e. The third-order valence-electron chi connectivity index (χ3n) is 4.25. The van der Waals surface area contributed by atoms with Gasteiger partial charge in [0.05, 0.1) is 17.8 Å². The van der Waals surface area contributed by atoms with Gasteiger partial charge in [-0.2, -0.15) is 0 Å². The van der Waals surface area contributed by atoms with Crippen molar-refractivity contribution in [3.05, 3.63) is 70.2 Å². The molecule has 2 aromatic carbocycles. The van der Waals surface area contributed by atoms with Crippen LogP contribution in [0.15, 0.2) is 57.7 Å². The van der Waals surface area contributed by atoms with E-state index in [2.05, 4.69) is 0 Å². The van der Waals surface area contributed by atoms with E-state index in [4.69, 9.17) is 4.42 Å². The van der Waals surface area contributed by atoms with Crippen LogP contribution in [0.1, 0.15) is 15.9 Å². The molecule has 3 aromatic rings. The highest BCUT2D eigenvalue weighted by molar-refractivity contribution is 7.89. The summed E-state index contributed by atoms with van der Waals surface area (Å²) in [6.07, 6.45) is 0. The molecule has 0 unspecified atom stereocenters. The van der Waals surface area contributed by atoms with E-state index >= 15 is 0 Å². The van der Waals surface area contributed by atoms with Crippen LogP contribution in [0, 0.1) is 0 Å². The maximum absolute atomic E-state index is 12.6. The van der Waals surface area contributed by atoms with Crippen LogP contribution in [0.2, 0.25) is 0 Å². The van der Waals surface area contributed by atoms with Gasteiger partial charge in [-0.15, -0.1) is 0 Å². The summed E-state index contributed by atoms with van der Waals surface area (Å²) in [4.78, 5) is 24.6. The summed E-state index contributed by atoms with van der Waals surface area (Å²) < 4.78 is 32.2. The fourth-order valence-electron chi connectivity index (χ4n) is 3.05.